The number of thiol groups is 1. The molecule has 1 saturated heterocycles. The summed E-state index contributed by atoms with van der Waals surface area (Å²) in [7, 11) is 0. The Balaban J connectivity index is 1.97. The molecule has 1 aliphatic rings. The average Bonchev–Trinajstić information content (AvgIpc) is 2.56. The van der Waals surface area contributed by atoms with Crippen LogP contribution in [-0.4, -0.2) is 38.9 Å². The van der Waals surface area contributed by atoms with Crippen molar-refractivity contribution < 1.29 is 5.11 Å². The number of benzene rings is 1. The van der Waals surface area contributed by atoms with Gasteiger partial charge in [-0.05, 0) is 47.0 Å². The molecule has 2 heterocycles. The van der Waals surface area contributed by atoms with Gasteiger partial charge in [0.2, 0.25) is 0 Å². The molecule has 0 amide bonds. The van der Waals surface area contributed by atoms with Crippen LogP contribution < -0.4 is 16.0 Å². The minimum Gasteiger partial charge on any atom is -0.393 e. The third-order valence-corrected chi connectivity index (χ3v) is 4.81. The van der Waals surface area contributed by atoms with Gasteiger partial charge in [-0.1, -0.05) is 0 Å². The number of nitrogens with zero attached hydrogens (tertiary/aromatic N) is 3. The number of aliphatic hydroxyl groups is 1. The molecular formula is C16H19BrN6OS. The number of nitrogen functional groups attached to an aromatic ring is 1. The molecule has 0 bridgehead atoms. The number of aromatic nitrogens is 2. The van der Waals surface area contributed by atoms with Crippen LogP contribution in [0.4, 0.5) is 23.0 Å². The van der Waals surface area contributed by atoms with Gasteiger partial charge in [0.15, 0.2) is 0 Å². The smallest absolute Gasteiger partial charge is 0.146 e. The summed E-state index contributed by atoms with van der Waals surface area (Å²) in [6, 6.07) is 5.83. The van der Waals surface area contributed by atoms with Crippen molar-refractivity contribution in [2.75, 3.05) is 29.0 Å². The van der Waals surface area contributed by atoms with Crippen molar-refractivity contribution in [3.05, 3.63) is 30.1 Å². The van der Waals surface area contributed by atoms with Crippen molar-refractivity contribution in [3.8, 4) is 0 Å². The van der Waals surface area contributed by atoms with Gasteiger partial charge >= 0.3 is 0 Å². The number of nitrogens with one attached hydrogen (secondary N) is 2. The lowest BCUT2D eigenvalue weighted by atomic mass is 10.1. The number of rotatable bonds is 4. The summed E-state index contributed by atoms with van der Waals surface area (Å²) in [5.74, 6) is 0.677. The average molecular weight is 423 g/mol. The highest BCUT2D eigenvalue weighted by molar-refractivity contribution is 9.18. The Morgan fingerprint density at radius 2 is 2.08 bits per heavy atom. The zero-order valence-electron chi connectivity index (χ0n) is 13.4. The minimum absolute atomic E-state index is 0.109. The molecule has 0 unspecified atom stereocenters. The number of halogens is 1. The normalized spacial score (nSPS) is 15.2. The van der Waals surface area contributed by atoms with E-state index in [4.69, 9.17) is 11.1 Å². The summed E-state index contributed by atoms with van der Waals surface area (Å²) >= 11 is 7.57. The van der Waals surface area contributed by atoms with E-state index in [1.54, 1.807) is 0 Å². The Bertz CT molecular complexity index is 794. The molecule has 1 fully saturated rings. The zero-order valence-corrected chi connectivity index (χ0v) is 15.9. The first-order valence-corrected chi connectivity index (χ1v) is 9.07. The first kappa shape index (κ1) is 18.0. The van der Waals surface area contributed by atoms with Crippen LogP contribution in [-0.2, 0) is 0 Å². The predicted molar refractivity (Wildman–Crippen MR) is 107 cm³/mol. The molecule has 5 N–H and O–H groups in total. The zero-order chi connectivity index (χ0) is 18.0. The SMILES string of the molecule is N=C(Br)c1c(N)ncnc1Nc1cc(S)ccc1N1CCC(O)CC1. The van der Waals surface area contributed by atoms with E-state index in [0.29, 0.717) is 11.4 Å². The fourth-order valence-corrected chi connectivity index (χ4v) is 3.44. The first-order chi connectivity index (χ1) is 12.0. The van der Waals surface area contributed by atoms with Crippen LogP contribution >= 0.6 is 28.6 Å². The predicted octanol–water partition coefficient (Wildman–Crippen LogP) is 2.77. The summed E-state index contributed by atoms with van der Waals surface area (Å²) in [5.41, 5.74) is 8.11. The van der Waals surface area contributed by atoms with Gasteiger partial charge in [-0.3, -0.25) is 5.41 Å². The molecular weight excluding hydrogens is 404 g/mol. The van der Waals surface area contributed by atoms with E-state index < -0.39 is 0 Å². The standard InChI is InChI=1S/C16H19BrN6OS/c17-14(18)13-15(19)20-8-21-16(13)22-11-7-10(25)1-2-12(11)23-5-3-9(24)4-6-23/h1-2,7-9,18,24-25H,3-6H2,(H3,19,20,21,22). The van der Waals surface area contributed by atoms with Crippen LogP contribution in [0.5, 0.6) is 0 Å². The van der Waals surface area contributed by atoms with E-state index in [9.17, 15) is 5.11 Å². The second kappa shape index (κ2) is 7.59. The van der Waals surface area contributed by atoms with Gasteiger partial charge < -0.3 is 21.1 Å². The molecule has 3 rings (SSSR count). The summed E-state index contributed by atoms with van der Waals surface area (Å²) in [5, 5.41) is 20.9. The van der Waals surface area contributed by atoms with Gasteiger partial charge in [0, 0.05) is 18.0 Å². The fourth-order valence-electron chi connectivity index (χ4n) is 2.84. The molecule has 0 aliphatic carbocycles. The van der Waals surface area contributed by atoms with Crippen molar-refractivity contribution in [2.45, 2.75) is 23.8 Å². The number of hydrogen-bond donors (Lipinski definition) is 5. The number of piperidine rings is 1. The lowest BCUT2D eigenvalue weighted by molar-refractivity contribution is 0.145. The molecule has 1 aromatic heterocycles. The maximum atomic E-state index is 9.74. The van der Waals surface area contributed by atoms with E-state index in [0.717, 1.165) is 42.2 Å². The van der Waals surface area contributed by atoms with Crippen molar-refractivity contribution in [3.63, 3.8) is 0 Å². The molecule has 1 aliphatic heterocycles. The first-order valence-electron chi connectivity index (χ1n) is 7.83. The maximum absolute atomic E-state index is 9.74. The summed E-state index contributed by atoms with van der Waals surface area (Å²) < 4.78 is 0.109. The van der Waals surface area contributed by atoms with Crippen LogP contribution in [0.2, 0.25) is 0 Å². The lowest BCUT2D eigenvalue weighted by Crippen LogP contribution is -2.36. The topological polar surface area (TPSA) is 111 Å². The Morgan fingerprint density at radius 3 is 2.76 bits per heavy atom. The van der Waals surface area contributed by atoms with Crippen LogP contribution in [0.3, 0.4) is 0 Å². The fraction of sp³-hybridized carbons (Fsp3) is 0.312. The Morgan fingerprint density at radius 1 is 1.36 bits per heavy atom. The maximum Gasteiger partial charge on any atom is 0.146 e. The minimum atomic E-state index is -0.237. The summed E-state index contributed by atoms with van der Waals surface area (Å²) in [6.45, 7) is 1.55. The Hall–Kier alpha value is -1.84. The van der Waals surface area contributed by atoms with Crippen LogP contribution in [0.15, 0.2) is 29.4 Å². The van der Waals surface area contributed by atoms with Crippen molar-refractivity contribution in [1.82, 2.24) is 9.97 Å². The molecule has 0 atom stereocenters. The lowest BCUT2D eigenvalue weighted by Gasteiger charge is -2.33. The summed E-state index contributed by atoms with van der Waals surface area (Å²) in [6.07, 6.45) is 2.59. The van der Waals surface area contributed by atoms with Gasteiger partial charge in [-0.15, -0.1) is 12.6 Å². The molecule has 25 heavy (non-hydrogen) atoms. The van der Waals surface area contributed by atoms with E-state index in [1.165, 1.54) is 6.33 Å². The monoisotopic (exact) mass is 422 g/mol. The molecule has 1 aromatic carbocycles. The number of aliphatic hydroxyl groups excluding tert-OH is 1. The largest absolute Gasteiger partial charge is 0.393 e. The van der Waals surface area contributed by atoms with Gasteiger partial charge in [0.05, 0.1) is 23.0 Å². The third kappa shape index (κ3) is 4.05. The number of hydrogen-bond acceptors (Lipinski definition) is 8. The quantitative estimate of drug-likeness (QED) is 0.382. The van der Waals surface area contributed by atoms with Gasteiger partial charge in [0.25, 0.3) is 0 Å². The van der Waals surface area contributed by atoms with Gasteiger partial charge in [0.1, 0.15) is 22.6 Å². The molecule has 0 radical (unpaired) electrons. The second-order valence-corrected chi connectivity index (χ2v) is 7.15. The van der Waals surface area contributed by atoms with E-state index in [2.05, 4.69) is 48.7 Å². The molecule has 0 saturated carbocycles. The Labute approximate surface area is 159 Å². The number of nitrogens with two attached hydrogens (primary N) is 1. The van der Waals surface area contributed by atoms with E-state index in [-0.39, 0.29) is 16.5 Å². The van der Waals surface area contributed by atoms with Crippen LogP contribution in [0, 0.1) is 5.41 Å². The van der Waals surface area contributed by atoms with E-state index in [1.807, 2.05) is 18.2 Å². The highest BCUT2D eigenvalue weighted by Gasteiger charge is 2.21. The second-order valence-electron chi connectivity index (χ2n) is 5.84. The molecule has 132 valence electrons. The molecule has 7 nitrogen and oxygen atoms in total. The van der Waals surface area contributed by atoms with Crippen molar-refractivity contribution in [2.24, 2.45) is 0 Å². The van der Waals surface area contributed by atoms with Gasteiger partial charge in [-0.2, -0.15) is 0 Å². The number of anilines is 4. The van der Waals surface area contributed by atoms with Crippen LogP contribution in [0.25, 0.3) is 0 Å². The van der Waals surface area contributed by atoms with Crippen molar-refractivity contribution in [1.29, 1.82) is 5.41 Å². The highest BCUT2D eigenvalue weighted by Crippen LogP contribution is 2.34. The Kier molecular flexibility index (Phi) is 5.45. The molecule has 9 heteroatoms. The molecule has 0 spiro atoms. The van der Waals surface area contributed by atoms with Gasteiger partial charge in [-0.25, -0.2) is 9.97 Å². The molecule has 2 aromatic rings. The van der Waals surface area contributed by atoms with Crippen LogP contribution in [0.1, 0.15) is 18.4 Å². The highest BCUT2D eigenvalue weighted by atomic mass is 79.9. The third-order valence-electron chi connectivity index (χ3n) is 4.13. The summed E-state index contributed by atoms with van der Waals surface area (Å²) in [4.78, 5) is 11.2. The van der Waals surface area contributed by atoms with E-state index >= 15 is 0 Å². The van der Waals surface area contributed by atoms with Crippen molar-refractivity contribution >= 4 is 56.2 Å².